The molecule has 0 amide bonds. The Morgan fingerprint density at radius 2 is 2.14 bits per heavy atom. The summed E-state index contributed by atoms with van der Waals surface area (Å²) in [6, 6.07) is 0.692. The number of aryl methyl sites for hydroxylation is 1. The monoisotopic (exact) mass is 337 g/mol. The quantitative estimate of drug-likeness (QED) is 0.686. The van der Waals surface area contributed by atoms with Crippen molar-refractivity contribution in [2.24, 2.45) is 0 Å². The van der Waals surface area contributed by atoms with Gasteiger partial charge in [0.1, 0.15) is 16.4 Å². The summed E-state index contributed by atoms with van der Waals surface area (Å²) in [5, 5.41) is 19.2. The smallest absolute Gasteiger partial charge is 0.396 e. The van der Waals surface area contributed by atoms with Crippen molar-refractivity contribution in [2.45, 2.75) is 26.1 Å². The Balaban J connectivity index is 2.93. The summed E-state index contributed by atoms with van der Waals surface area (Å²) >= 11 is 5.63. The molecule has 0 saturated carbocycles. The van der Waals surface area contributed by atoms with Gasteiger partial charge in [0.15, 0.2) is 0 Å². The number of alkyl halides is 3. The van der Waals surface area contributed by atoms with Crippen molar-refractivity contribution < 1.29 is 23.2 Å². The minimum atomic E-state index is -4.83. The van der Waals surface area contributed by atoms with E-state index >= 15 is 0 Å². The van der Waals surface area contributed by atoms with E-state index in [9.17, 15) is 23.3 Å². The number of rotatable bonds is 4. The molecule has 0 fully saturated rings. The van der Waals surface area contributed by atoms with Gasteiger partial charge in [-0.1, -0.05) is 11.6 Å². The van der Waals surface area contributed by atoms with Crippen LogP contribution in [0.5, 0.6) is 0 Å². The fourth-order valence-corrected chi connectivity index (χ4v) is 2.63. The maximum absolute atomic E-state index is 13.0. The van der Waals surface area contributed by atoms with Gasteiger partial charge in [0.2, 0.25) is 0 Å². The van der Waals surface area contributed by atoms with Crippen LogP contribution in [0.15, 0.2) is 6.07 Å². The number of aliphatic hydroxyl groups excluding tert-OH is 1. The number of nitrogens with zero attached hydrogens (tertiary/aromatic N) is 3. The number of nitro groups is 1. The van der Waals surface area contributed by atoms with E-state index in [2.05, 4.69) is 4.98 Å². The Kier molecular flexibility index (Phi) is 4.30. The molecule has 0 bridgehead atoms. The van der Waals surface area contributed by atoms with Gasteiger partial charge >= 0.3 is 11.9 Å². The zero-order chi connectivity index (χ0) is 16.7. The van der Waals surface area contributed by atoms with Gasteiger partial charge in [0, 0.05) is 13.0 Å². The number of benzene rings is 1. The van der Waals surface area contributed by atoms with Gasteiger partial charge in [-0.2, -0.15) is 13.2 Å². The van der Waals surface area contributed by atoms with Crippen LogP contribution in [0.25, 0.3) is 11.0 Å². The van der Waals surface area contributed by atoms with E-state index in [0.29, 0.717) is 6.07 Å². The normalized spacial score (nSPS) is 12.1. The first kappa shape index (κ1) is 16.5. The number of aromatic nitrogens is 2. The lowest BCUT2D eigenvalue weighted by atomic mass is 10.1. The molecule has 22 heavy (non-hydrogen) atoms. The highest BCUT2D eigenvalue weighted by Crippen LogP contribution is 2.43. The predicted molar refractivity (Wildman–Crippen MR) is 72.9 cm³/mol. The molecule has 0 aliphatic carbocycles. The van der Waals surface area contributed by atoms with Crippen LogP contribution in [0, 0.1) is 10.1 Å². The molecule has 6 nitrogen and oxygen atoms in total. The van der Waals surface area contributed by atoms with Crippen molar-refractivity contribution in [1.29, 1.82) is 0 Å². The summed E-state index contributed by atoms with van der Waals surface area (Å²) in [5.74, 6) is 0.262. The van der Waals surface area contributed by atoms with Crippen molar-refractivity contribution in [3.8, 4) is 0 Å². The van der Waals surface area contributed by atoms with Gasteiger partial charge < -0.3 is 9.67 Å². The average molecular weight is 338 g/mol. The van der Waals surface area contributed by atoms with E-state index in [-0.39, 0.29) is 36.4 Å². The van der Waals surface area contributed by atoms with E-state index in [4.69, 9.17) is 16.7 Å². The van der Waals surface area contributed by atoms with Gasteiger partial charge in [-0.25, -0.2) is 4.98 Å². The third-order valence-electron chi connectivity index (χ3n) is 3.16. The third kappa shape index (κ3) is 2.61. The summed E-state index contributed by atoms with van der Waals surface area (Å²) < 4.78 is 40.3. The Bertz CT molecular complexity index is 743. The topological polar surface area (TPSA) is 81.2 Å². The van der Waals surface area contributed by atoms with Crippen molar-refractivity contribution in [3.05, 3.63) is 32.6 Å². The molecule has 0 spiro atoms. The largest absolute Gasteiger partial charge is 0.418 e. The summed E-state index contributed by atoms with van der Waals surface area (Å²) in [5.41, 5.74) is -2.38. The van der Waals surface area contributed by atoms with Crippen LogP contribution in [-0.4, -0.2) is 26.2 Å². The second kappa shape index (κ2) is 5.73. The summed E-state index contributed by atoms with van der Waals surface area (Å²) in [6.07, 6.45) is -4.76. The van der Waals surface area contributed by atoms with Crippen LogP contribution < -0.4 is 0 Å². The number of aliphatic hydroxyl groups is 1. The Morgan fingerprint density at radius 1 is 1.50 bits per heavy atom. The van der Waals surface area contributed by atoms with E-state index in [1.165, 1.54) is 4.57 Å². The summed E-state index contributed by atoms with van der Waals surface area (Å²) in [4.78, 5) is 14.2. The minimum absolute atomic E-state index is 0.0681. The minimum Gasteiger partial charge on any atom is -0.396 e. The number of halogens is 4. The van der Waals surface area contributed by atoms with Crippen LogP contribution in [0.1, 0.15) is 18.3 Å². The maximum atomic E-state index is 13.0. The Morgan fingerprint density at radius 3 is 2.59 bits per heavy atom. The molecular weight excluding hydrogens is 327 g/mol. The fourth-order valence-electron chi connectivity index (χ4n) is 2.31. The Hall–Kier alpha value is -1.87. The molecule has 2 rings (SSSR count). The SMILES string of the molecule is CCn1c(CCO)nc2cc(C(F)(F)F)c(Cl)c([N+](=O)[O-])c21. The molecule has 0 aliphatic heterocycles. The Labute approximate surface area is 127 Å². The molecule has 1 heterocycles. The highest BCUT2D eigenvalue weighted by molar-refractivity contribution is 6.34. The molecule has 0 aliphatic rings. The molecule has 1 N–H and O–H groups in total. The molecule has 0 unspecified atom stereocenters. The first-order valence-corrected chi connectivity index (χ1v) is 6.64. The second-order valence-electron chi connectivity index (χ2n) is 4.46. The zero-order valence-electron chi connectivity index (χ0n) is 11.3. The van der Waals surface area contributed by atoms with Crippen LogP contribution in [0.2, 0.25) is 5.02 Å². The van der Waals surface area contributed by atoms with Crippen molar-refractivity contribution >= 4 is 28.3 Å². The first-order valence-electron chi connectivity index (χ1n) is 6.26. The van der Waals surface area contributed by atoms with E-state index < -0.39 is 27.4 Å². The molecule has 0 saturated heterocycles. The maximum Gasteiger partial charge on any atom is 0.418 e. The van der Waals surface area contributed by atoms with Gasteiger partial charge in [-0.15, -0.1) is 0 Å². The lowest BCUT2D eigenvalue weighted by Crippen LogP contribution is -2.09. The lowest BCUT2D eigenvalue weighted by molar-refractivity contribution is -0.383. The number of imidazole rings is 1. The van der Waals surface area contributed by atoms with E-state index in [1.807, 2.05) is 0 Å². The van der Waals surface area contributed by atoms with Gasteiger partial charge in [0.05, 0.1) is 22.6 Å². The molecule has 2 aromatic rings. The van der Waals surface area contributed by atoms with E-state index in [1.54, 1.807) is 6.92 Å². The highest BCUT2D eigenvalue weighted by Gasteiger charge is 2.39. The fraction of sp³-hybridized carbons (Fsp3) is 0.417. The molecule has 0 atom stereocenters. The summed E-state index contributed by atoms with van der Waals surface area (Å²) in [6.45, 7) is 1.63. The number of hydrogen-bond acceptors (Lipinski definition) is 4. The van der Waals surface area contributed by atoms with Crippen LogP contribution in [0.4, 0.5) is 18.9 Å². The molecule has 1 aromatic carbocycles. The number of nitro benzene ring substituents is 1. The van der Waals surface area contributed by atoms with Gasteiger partial charge in [-0.05, 0) is 13.0 Å². The molecule has 120 valence electrons. The molecule has 10 heteroatoms. The standard InChI is InChI=1S/C12H11ClF3N3O3/c1-2-18-8(3-4-20)17-7-5-6(12(14,15)16)9(13)11(10(7)18)19(21)22/h5,20H,2-4H2,1H3. The second-order valence-corrected chi connectivity index (χ2v) is 4.83. The van der Waals surface area contributed by atoms with E-state index in [0.717, 1.165) is 0 Å². The predicted octanol–water partition coefficient (Wildman–Crippen LogP) is 3.17. The zero-order valence-corrected chi connectivity index (χ0v) is 12.1. The first-order chi connectivity index (χ1) is 10.2. The molecule has 0 radical (unpaired) electrons. The van der Waals surface area contributed by atoms with Crippen LogP contribution in [-0.2, 0) is 19.1 Å². The van der Waals surface area contributed by atoms with Crippen molar-refractivity contribution in [1.82, 2.24) is 9.55 Å². The number of hydrogen-bond donors (Lipinski definition) is 1. The molecular formula is C12H11ClF3N3O3. The van der Waals surface area contributed by atoms with Gasteiger partial charge in [-0.3, -0.25) is 10.1 Å². The van der Waals surface area contributed by atoms with Crippen LogP contribution in [0.3, 0.4) is 0 Å². The van der Waals surface area contributed by atoms with Crippen molar-refractivity contribution in [3.63, 3.8) is 0 Å². The van der Waals surface area contributed by atoms with Crippen molar-refractivity contribution in [2.75, 3.05) is 6.61 Å². The van der Waals surface area contributed by atoms with Crippen LogP contribution >= 0.6 is 11.6 Å². The highest BCUT2D eigenvalue weighted by atomic mass is 35.5. The number of fused-ring (bicyclic) bond motifs is 1. The lowest BCUT2D eigenvalue weighted by Gasteiger charge is -2.10. The summed E-state index contributed by atoms with van der Waals surface area (Å²) in [7, 11) is 0. The van der Waals surface area contributed by atoms with Gasteiger partial charge in [0.25, 0.3) is 0 Å². The third-order valence-corrected chi connectivity index (χ3v) is 3.55. The average Bonchev–Trinajstić information content (AvgIpc) is 2.73. The molecule has 1 aromatic heterocycles.